The van der Waals surface area contributed by atoms with Gasteiger partial charge in [0, 0.05) is 60.7 Å². The number of benzene rings is 19. The van der Waals surface area contributed by atoms with Gasteiger partial charge in [-0.2, -0.15) is 61.5 Å². The Hall–Kier alpha value is -14.7. The number of alkyl halides is 6. The molecule has 0 saturated heterocycles. The zero-order valence-electron chi connectivity index (χ0n) is 77.3. The van der Waals surface area contributed by atoms with Gasteiger partial charge in [0.05, 0.1) is 50.9 Å². The van der Waals surface area contributed by atoms with Crippen LogP contribution in [0.15, 0.2) is 495 Å². The van der Waals surface area contributed by atoms with E-state index < -0.39 is 226 Å². The van der Waals surface area contributed by atoms with Crippen LogP contribution in [0.1, 0.15) is 16.7 Å². The first-order valence-corrected chi connectivity index (χ1v) is 51.4. The first kappa shape index (κ1) is 111. The van der Waals surface area contributed by atoms with Crippen molar-refractivity contribution in [3.8, 4) is 11.5 Å². The molecule has 762 valence electrons. The molecule has 2 atom stereocenters. The molecular weight excluding hydrogens is 2110 g/mol. The number of ether oxygens (including phenoxy) is 1. The number of phenolic OH excluding ortho intramolecular Hbond substituents is 1. The Balaban J connectivity index is 0.000000142. The van der Waals surface area contributed by atoms with Crippen molar-refractivity contribution in [2.45, 2.75) is 107 Å². The maximum absolute atomic E-state index is 14.6. The summed E-state index contributed by atoms with van der Waals surface area (Å²) in [6.45, 7) is 2.01. The molecule has 34 heteroatoms. The maximum Gasteiger partial charge on any atom is 0.416 e. The molecule has 0 saturated carbocycles. The van der Waals surface area contributed by atoms with E-state index in [-0.39, 0.29) is 14.7 Å². The lowest BCUT2D eigenvalue weighted by atomic mass is 10.1. The van der Waals surface area contributed by atoms with Gasteiger partial charge in [-0.1, -0.05) is 169 Å². The Kier molecular flexibility index (Phi) is 37.1. The summed E-state index contributed by atoms with van der Waals surface area (Å²) in [6, 6.07) is 108. The molecule has 2 unspecified atom stereocenters. The van der Waals surface area contributed by atoms with E-state index in [1.54, 1.807) is 201 Å². The van der Waals surface area contributed by atoms with Crippen LogP contribution in [0, 0.1) is 123 Å². The van der Waals surface area contributed by atoms with Crippen LogP contribution < -0.4 is 4.74 Å². The topological polar surface area (TPSA) is 29.5 Å². The quantitative estimate of drug-likeness (QED) is 0.0378. The summed E-state index contributed by atoms with van der Waals surface area (Å²) in [5.74, 6) is -32.5. The van der Waals surface area contributed by atoms with Gasteiger partial charge in [-0.05, 0) is 200 Å². The molecule has 0 aromatic heterocycles. The van der Waals surface area contributed by atoms with Crippen molar-refractivity contribution in [3.63, 3.8) is 0 Å². The minimum absolute atomic E-state index is 0.00694. The summed E-state index contributed by atoms with van der Waals surface area (Å²) in [4.78, 5) is 6.30. The van der Waals surface area contributed by atoms with Gasteiger partial charge in [-0.25, -0.2) is 52.7 Å². The van der Waals surface area contributed by atoms with Gasteiger partial charge in [0.1, 0.15) is 73.3 Å². The summed E-state index contributed by atoms with van der Waals surface area (Å²) >= 11 is 0. The molecule has 0 amide bonds. The van der Waals surface area contributed by atoms with Crippen molar-refractivity contribution < 1.29 is 124 Å². The smallest absolute Gasteiger partial charge is 0.416 e. The molecule has 0 fully saturated rings. The number of halogens is 26. The number of aryl methyl sites for hydroxylation is 1. The number of rotatable bonds is 19. The highest BCUT2D eigenvalue weighted by Gasteiger charge is 2.46. The fraction of sp³-hybridized carbons (Fsp3) is 0.0345. The summed E-state index contributed by atoms with van der Waals surface area (Å²) < 4.78 is 360. The summed E-state index contributed by atoms with van der Waals surface area (Å²) in [7, 11) is -5.21. The third-order valence-corrected chi connectivity index (χ3v) is 34.9. The zero-order valence-corrected chi connectivity index (χ0v) is 82.2. The maximum atomic E-state index is 14.6. The van der Waals surface area contributed by atoms with Crippen molar-refractivity contribution in [2.24, 2.45) is 0 Å². The largest absolute Gasteiger partial charge is 0.503 e. The lowest BCUT2D eigenvalue weighted by Gasteiger charge is -2.11. The molecule has 0 heterocycles. The van der Waals surface area contributed by atoms with Crippen LogP contribution in [0.2, 0.25) is 0 Å². The van der Waals surface area contributed by atoms with Crippen LogP contribution in [-0.4, -0.2) is 12.2 Å². The van der Waals surface area contributed by atoms with Crippen molar-refractivity contribution in [2.75, 3.05) is 7.11 Å². The second kappa shape index (κ2) is 50.1. The van der Waals surface area contributed by atoms with Gasteiger partial charge < -0.3 is 9.84 Å². The van der Waals surface area contributed by atoms with Crippen molar-refractivity contribution in [1.82, 2.24) is 0 Å². The third-order valence-electron chi connectivity index (χ3n) is 21.6. The fourth-order valence-electron chi connectivity index (χ4n) is 14.7. The molecule has 1 N–H and O–H groups in total. The monoisotopic (exact) mass is 2180 g/mol. The van der Waals surface area contributed by atoms with Crippen molar-refractivity contribution in [3.05, 3.63) is 539 Å². The lowest BCUT2D eigenvalue weighted by molar-refractivity contribution is -0.138. The molecule has 150 heavy (non-hydrogen) atoms. The zero-order chi connectivity index (χ0) is 108. The Morgan fingerprint density at radius 3 is 0.647 bits per heavy atom. The molecule has 0 radical (unpaired) electrons. The summed E-state index contributed by atoms with van der Waals surface area (Å²) in [5, 5.41) is 10.9. The minimum Gasteiger partial charge on any atom is -0.503 e. The SMILES string of the molecule is COc1ccc([S+](c2ccc(C)cc2)c2ccc(C(F)(F)F)cc2)cc1.FC(F)(F)c1ccc([S+](c2ccccc2)c2ccccc2)cc1.Fc1c(F)c(F)c([S+](c2ccccc2)c2ccc3ccccc3c2)c(F)c1F.Fc1c(F)c(F)c([S+](c2ccccc2)c2ccccc2)c(F)c1F.Fc1cc(F)cc([S+](c2cc(F)cc(F)c2)c2cc(F)cc(F)c2)c1.Oc1c(F)c(F)c([S+](c2ccccc2)c2ccccc2)c(F)c1F. The average molecular weight is 2190 g/mol. The van der Waals surface area contributed by atoms with Crippen molar-refractivity contribution >= 4 is 76.1 Å². The third kappa shape index (κ3) is 26.8. The van der Waals surface area contributed by atoms with Gasteiger partial charge in [0.15, 0.2) is 79.2 Å². The molecule has 0 aliphatic rings. The fourth-order valence-corrected chi connectivity index (χ4v) is 27.5. The predicted octanol–water partition coefficient (Wildman–Crippen LogP) is 34.7. The molecule has 0 spiro atoms. The summed E-state index contributed by atoms with van der Waals surface area (Å²) in [5.41, 5.74) is -0.117. The Morgan fingerprint density at radius 1 is 0.187 bits per heavy atom. The van der Waals surface area contributed by atoms with E-state index >= 15 is 0 Å². The van der Waals surface area contributed by atoms with Gasteiger partial charge >= 0.3 is 12.4 Å². The molecule has 19 rings (SSSR count). The van der Waals surface area contributed by atoms with Crippen molar-refractivity contribution in [1.29, 1.82) is 0 Å². The standard InChI is InChI=1S/C22H12F5S.C21H18F3OS.C19H14F3S.C18H9F6S.C18H10F5S.C18H10F4OS/c23-17-18(24)20(26)22(21(27)19(17)25)28(15-8-2-1-3-9-15)16-11-10-13-6-4-5-7-14(13)12-16;1-15-3-9-18(10-4-15)26(20-13-7-17(25-2)8-14-20)19-11-5-16(6-12-19)21(22,23)24;20-19(21,22)15-11-13-18(14-12-15)23(16-7-3-1-4-8-16)17-9-5-2-6-10-17;19-10-1-11(20)5-16(4-10)25(17-6-12(21)2-13(22)7-17)18-8-14(23)3-15(24)9-18;19-13-14(20)16(22)18(17(23)15(13)21)24(11-7-3-1-4-8-11)12-9-5-2-6-10-12;19-13-15(21)18(16(22)14(20)17(13)23)24(11-7-3-1-4-8-11)12-9-5-2-6-10-12/h1-12H;3-14H,1-2H3;1-14H;1-9H;2*1-10H/q5*+1;/p+1. The van der Waals surface area contributed by atoms with Crippen LogP contribution >= 0.6 is 0 Å². The molecular formula is C116H74F26O2S6+6. The van der Waals surface area contributed by atoms with Crippen LogP contribution in [-0.2, 0) is 77.7 Å². The van der Waals surface area contributed by atoms with E-state index in [9.17, 15) is 119 Å². The molecule has 2 nitrogen and oxygen atoms in total. The molecule has 0 aliphatic heterocycles. The second-order valence-corrected chi connectivity index (χ2v) is 43.6. The number of fused-ring (bicyclic) bond motifs is 1. The van der Waals surface area contributed by atoms with Gasteiger partial charge in [0.2, 0.25) is 96.1 Å². The van der Waals surface area contributed by atoms with E-state index in [2.05, 4.69) is 0 Å². The molecule has 19 aromatic carbocycles. The number of hydrogen-bond acceptors (Lipinski definition) is 2. The van der Waals surface area contributed by atoms with Crippen LogP contribution in [0.5, 0.6) is 11.5 Å². The number of phenols is 1. The average Bonchev–Trinajstić information content (AvgIpc) is 0.792. The number of aromatic hydroxyl groups is 1. The highest BCUT2D eigenvalue weighted by Crippen LogP contribution is 2.46. The summed E-state index contributed by atoms with van der Waals surface area (Å²) in [6.07, 6.45) is -8.64. The highest BCUT2D eigenvalue weighted by atomic mass is 32.2. The minimum atomic E-state index is -4.33. The van der Waals surface area contributed by atoms with Gasteiger partial charge in [-0.15, -0.1) is 0 Å². The van der Waals surface area contributed by atoms with E-state index in [4.69, 9.17) is 4.74 Å². The van der Waals surface area contributed by atoms with E-state index in [1.165, 1.54) is 0 Å². The van der Waals surface area contributed by atoms with Gasteiger partial charge in [0.25, 0.3) is 0 Å². The normalized spacial score (nSPS) is 11.7. The van der Waals surface area contributed by atoms with E-state index in [0.29, 0.717) is 47.6 Å². The molecule has 0 aliphatic carbocycles. The van der Waals surface area contributed by atoms with E-state index in [0.717, 1.165) is 112 Å². The Labute approximate surface area is 859 Å². The second-order valence-electron chi connectivity index (χ2n) is 31.6. The molecule has 19 aromatic rings. The first-order valence-electron chi connectivity index (χ1n) is 44.1. The van der Waals surface area contributed by atoms with Crippen LogP contribution in [0.3, 0.4) is 0 Å². The van der Waals surface area contributed by atoms with Crippen LogP contribution in [0.4, 0.5) is 114 Å². The first-order chi connectivity index (χ1) is 71.8. The highest BCUT2D eigenvalue weighted by molar-refractivity contribution is 7.98. The van der Waals surface area contributed by atoms with Crippen LogP contribution in [0.25, 0.3) is 10.8 Å². The number of methoxy groups -OCH3 is 1. The Bertz CT molecular complexity index is 7310. The van der Waals surface area contributed by atoms with E-state index in [1.807, 2.05) is 140 Å². The predicted molar refractivity (Wildman–Crippen MR) is 529 cm³/mol. The molecule has 0 bridgehead atoms. The Morgan fingerprint density at radius 2 is 0.387 bits per heavy atom. The lowest BCUT2D eigenvalue weighted by Crippen LogP contribution is -2.14. The number of hydrogen-bond donors (Lipinski definition) is 1. The van der Waals surface area contributed by atoms with Gasteiger partial charge in [-0.3, -0.25) is 0 Å².